The molecule has 6 fully saturated rings. The van der Waals surface area contributed by atoms with Gasteiger partial charge in [0.2, 0.25) is 0 Å². The van der Waals surface area contributed by atoms with Crippen LogP contribution in [0.5, 0.6) is 0 Å². The molecule has 0 aromatic rings. The van der Waals surface area contributed by atoms with E-state index in [-0.39, 0.29) is 0 Å². The second-order valence-corrected chi connectivity index (χ2v) is 18.9. The Kier molecular flexibility index (Phi) is 35.3. The van der Waals surface area contributed by atoms with Crippen molar-refractivity contribution in [2.75, 3.05) is 65.4 Å². The minimum absolute atomic E-state index is 1.11. The van der Waals surface area contributed by atoms with Crippen LogP contribution >= 0.6 is 0 Å². The molecule has 0 aromatic heterocycles. The van der Waals surface area contributed by atoms with E-state index in [4.69, 9.17) is 0 Å². The molecule has 4 nitrogen and oxygen atoms in total. The predicted molar refractivity (Wildman–Crippen MR) is 254 cm³/mol. The van der Waals surface area contributed by atoms with Crippen LogP contribution in [0, 0.1) is 47.3 Å². The minimum Gasteiger partial charge on any atom is -0.317 e. The zero-order valence-corrected chi connectivity index (χ0v) is 40.6. The molecule has 6 aliphatic rings. The third kappa shape index (κ3) is 22.4. The van der Waals surface area contributed by atoms with Crippen molar-refractivity contribution in [1.29, 1.82) is 0 Å². The maximum Gasteiger partial charge on any atom is -0.00190 e. The first-order valence-corrected chi connectivity index (χ1v) is 26.3. The average Bonchev–Trinajstić information content (AvgIpc) is 4.09. The molecular formula is C52H108N4. The molecule has 6 aliphatic carbocycles. The normalized spacial score (nSPS) is 27.2. The predicted octanol–water partition coefficient (Wildman–Crippen LogP) is 14.3. The summed E-state index contributed by atoms with van der Waals surface area (Å²) in [5.74, 6) is 9.60. The quantitative estimate of drug-likeness (QED) is 0.107. The van der Waals surface area contributed by atoms with Gasteiger partial charge in [0.15, 0.2) is 0 Å². The van der Waals surface area contributed by atoms with E-state index in [1.807, 2.05) is 0 Å². The third-order valence-electron chi connectivity index (χ3n) is 14.8. The Morgan fingerprint density at radius 2 is 0.625 bits per heavy atom. The van der Waals surface area contributed by atoms with Crippen molar-refractivity contribution in [3.05, 3.63) is 0 Å². The zero-order valence-electron chi connectivity index (χ0n) is 40.6. The van der Waals surface area contributed by atoms with E-state index in [2.05, 4.69) is 89.7 Å². The SMILES string of the molecule is C1CC2C3CCC(C3)C2C1.C1CC2C3CCC(C3)C2C1.CCCCN(CC)CCCC.CCCCN(CC)CCCC.CCCCNCC.CCCCNCC. The summed E-state index contributed by atoms with van der Waals surface area (Å²) in [5, 5.41) is 6.50. The Hall–Kier alpha value is -0.160. The number of unbranched alkanes of at least 4 members (excludes halogenated alkanes) is 6. The standard InChI is InChI=1S/2C10H23N.2C10H16.2C6H15N/c2*1-4-7-9-11(6-3)10-8-5-2;2*1-2-9-7-4-5-8(6-7)10(9)3-1;2*1-3-5-6-7-4-2/h2*4-10H2,1-3H3;2*7-10H,1-6H2;2*7H,3-6H2,1-2H3. The monoisotopic (exact) mass is 789 g/mol. The molecule has 8 unspecified atom stereocenters. The van der Waals surface area contributed by atoms with Crippen molar-refractivity contribution in [2.24, 2.45) is 47.3 Å². The summed E-state index contributed by atoms with van der Waals surface area (Å²) < 4.78 is 0. The lowest BCUT2D eigenvalue weighted by atomic mass is 9.82. The van der Waals surface area contributed by atoms with E-state index in [0.29, 0.717) is 0 Å². The number of nitrogens with zero attached hydrogens (tertiary/aromatic N) is 2. The maximum absolute atomic E-state index is 3.25. The largest absolute Gasteiger partial charge is 0.317 e. The van der Waals surface area contributed by atoms with E-state index >= 15 is 0 Å². The molecule has 56 heavy (non-hydrogen) atoms. The van der Waals surface area contributed by atoms with E-state index in [1.165, 1.54) is 177 Å². The molecule has 336 valence electrons. The molecule has 0 aliphatic heterocycles. The Morgan fingerprint density at radius 3 is 0.839 bits per heavy atom. The summed E-state index contributed by atoms with van der Waals surface area (Å²) in [6.07, 6.45) is 35.0. The van der Waals surface area contributed by atoms with Gasteiger partial charge < -0.3 is 20.4 Å². The second-order valence-electron chi connectivity index (χ2n) is 18.9. The van der Waals surface area contributed by atoms with Crippen molar-refractivity contribution < 1.29 is 0 Å². The Balaban J connectivity index is 0.000000339. The van der Waals surface area contributed by atoms with Crippen LogP contribution in [0.25, 0.3) is 0 Å². The molecule has 8 atom stereocenters. The first-order valence-electron chi connectivity index (χ1n) is 26.3. The van der Waals surface area contributed by atoms with Gasteiger partial charge in [-0.25, -0.2) is 0 Å². The molecule has 2 N–H and O–H groups in total. The van der Waals surface area contributed by atoms with Crippen LogP contribution in [0.4, 0.5) is 0 Å². The summed E-state index contributed by atoms with van der Waals surface area (Å²) in [6, 6.07) is 0. The van der Waals surface area contributed by atoms with Gasteiger partial charge in [-0.05, 0) is 216 Å². The van der Waals surface area contributed by atoms with Crippen molar-refractivity contribution in [2.45, 2.75) is 223 Å². The molecule has 0 saturated heterocycles. The van der Waals surface area contributed by atoms with E-state index in [1.54, 1.807) is 77.0 Å². The van der Waals surface area contributed by atoms with Crippen LogP contribution < -0.4 is 10.6 Å². The third-order valence-corrected chi connectivity index (χ3v) is 14.8. The first-order chi connectivity index (χ1) is 27.4. The molecular weight excluding hydrogens is 681 g/mol. The summed E-state index contributed by atoms with van der Waals surface area (Å²) in [4.78, 5) is 5.10. The van der Waals surface area contributed by atoms with Crippen LogP contribution in [0.1, 0.15) is 223 Å². The van der Waals surface area contributed by atoms with E-state index in [9.17, 15) is 0 Å². The van der Waals surface area contributed by atoms with Gasteiger partial charge in [-0.2, -0.15) is 0 Å². The Labute approximate surface area is 355 Å². The summed E-state index contributed by atoms with van der Waals surface area (Å²) >= 11 is 0. The fourth-order valence-electron chi connectivity index (χ4n) is 11.4. The van der Waals surface area contributed by atoms with Gasteiger partial charge in [0.25, 0.3) is 0 Å². The highest BCUT2D eigenvalue weighted by molar-refractivity contribution is 4.99. The molecule has 0 heterocycles. The van der Waals surface area contributed by atoms with Gasteiger partial charge in [0, 0.05) is 0 Å². The van der Waals surface area contributed by atoms with E-state index < -0.39 is 0 Å². The van der Waals surface area contributed by atoms with Crippen molar-refractivity contribution in [1.82, 2.24) is 20.4 Å². The average molecular weight is 789 g/mol. The highest BCUT2D eigenvalue weighted by Crippen LogP contribution is 2.59. The number of fused-ring (bicyclic) bond motifs is 10. The molecule has 4 heteroatoms. The fraction of sp³-hybridized carbons (Fsp3) is 1.00. The molecule has 6 rings (SSSR count). The van der Waals surface area contributed by atoms with Gasteiger partial charge in [0.05, 0.1) is 0 Å². The molecule has 0 amide bonds. The van der Waals surface area contributed by atoms with Crippen molar-refractivity contribution in [3.8, 4) is 0 Å². The summed E-state index contributed by atoms with van der Waals surface area (Å²) in [7, 11) is 0. The van der Waals surface area contributed by atoms with Crippen LogP contribution in [0.3, 0.4) is 0 Å². The highest BCUT2D eigenvalue weighted by Gasteiger charge is 2.49. The van der Waals surface area contributed by atoms with Gasteiger partial charge in [-0.15, -0.1) is 0 Å². The Morgan fingerprint density at radius 1 is 0.357 bits per heavy atom. The molecule has 0 radical (unpaired) electrons. The fourth-order valence-corrected chi connectivity index (χ4v) is 11.4. The van der Waals surface area contributed by atoms with Gasteiger partial charge in [-0.3, -0.25) is 0 Å². The van der Waals surface area contributed by atoms with E-state index in [0.717, 1.165) is 13.1 Å². The number of hydrogen-bond acceptors (Lipinski definition) is 4. The lowest BCUT2D eigenvalue weighted by molar-refractivity contribution is 0.259. The Bertz CT molecular complexity index is 697. The minimum atomic E-state index is 1.11. The molecule has 0 spiro atoms. The van der Waals surface area contributed by atoms with Gasteiger partial charge >= 0.3 is 0 Å². The lowest BCUT2D eigenvalue weighted by Gasteiger charge is -2.23. The van der Waals surface area contributed by atoms with Crippen LogP contribution in [-0.4, -0.2) is 75.2 Å². The molecule has 4 bridgehead atoms. The molecule has 0 aromatic carbocycles. The maximum atomic E-state index is 3.25. The zero-order chi connectivity index (χ0) is 41.2. The molecule has 6 saturated carbocycles. The van der Waals surface area contributed by atoms with Gasteiger partial charge in [-0.1, -0.05) is 121 Å². The number of nitrogens with one attached hydrogen (secondary N) is 2. The lowest BCUT2D eigenvalue weighted by Crippen LogP contribution is -2.25. The van der Waals surface area contributed by atoms with Crippen LogP contribution in [-0.2, 0) is 0 Å². The summed E-state index contributed by atoms with van der Waals surface area (Å²) in [6.45, 7) is 34.5. The van der Waals surface area contributed by atoms with Gasteiger partial charge in [0.1, 0.15) is 0 Å². The number of rotatable bonds is 22. The van der Waals surface area contributed by atoms with Crippen LogP contribution in [0.15, 0.2) is 0 Å². The van der Waals surface area contributed by atoms with Crippen molar-refractivity contribution in [3.63, 3.8) is 0 Å². The smallest absolute Gasteiger partial charge is 0.00190 e. The number of hydrogen-bond donors (Lipinski definition) is 2. The summed E-state index contributed by atoms with van der Waals surface area (Å²) in [5.41, 5.74) is 0. The van der Waals surface area contributed by atoms with Crippen LogP contribution in [0.2, 0.25) is 0 Å². The second kappa shape index (κ2) is 36.7. The van der Waals surface area contributed by atoms with Crippen molar-refractivity contribution >= 4 is 0 Å². The topological polar surface area (TPSA) is 30.5 Å². The first kappa shape index (κ1) is 53.9. The highest BCUT2D eigenvalue weighted by atomic mass is 15.1.